The van der Waals surface area contributed by atoms with Crippen LogP contribution in [-0.2, 0) is 0 Å². The van der Waals surface area contributed by atoms with Crippen molar-refractivity contribution in [3.8, 4) is 5.75 Å². The highest BCUT2D eigenvalue weighted by Gasteiger charge is 2.19. The van der Waals surface area contributed by atoms with Gasteiger partial charge in [-0.1, -0.05) is 52.3 Å². The van der Waals surface area contributed by atoms with E-state index in [-0.39, 0.29) is 11.8 Å². The van der Waals surface area contributed by atoms with Gasteiger partial charge in [-0.25, -0.2) is 0 Å². The highest BCUT2D eigenvalue weighted by atomic mass is 79.9. The average molecular weight is 517 g/mol. The van der Waals surface area contributed by atoms with Crippen molar-refractivity contribution in [1.82, 2.24) is 0 Å². The molecule has 0 atom stereocenters. The zero-order valence-corrected chi connectivity index (χ0v) is 20.6. The lowest BCUT2D eigenvalue weighted by molar-refractivity contribution is 0.0987. The van der Waals surface area contributed by atoms with Crippen molar-refractivity contribution in [3.05, 3.63) is 101 Å². The van der Waals surface area contributed by atoms with Gasteiger partial charge in [-0.15, -0.1) is 0 Å². The van der Waals surface area contributed by atoms with Crippen LogP contribution >= 0.6 is 15.9 Å². The van der Waals surface area contributed by atoms with Crippen LogP contribution in [0.15, 0.2) is 89.4 Å². The van der Waals surface area contributed by atoms with Crippen molar-refractivity contribution >= 4 is 49.9 Å². The molecular weight excluding hydrogens is 492 g/mol. The van der Waals surface area contributed by atoms with Gasteiger partial charge in [0, 0.05) is 27.7 Å². The molecule has 0 aliphatic heterocycles. The Labute approximate surface area is 207 Å². The first-order valence-corrected chi connectivity index (χ1v) is 11.9. The molecule has 0 saturated carbocycles. The highest BCUT2D eigenvalue weighted by Crippen LogP contribution is 2.28. The predicted molar refractivity (Wildman–Crippen MR) is 141 cm³/mol. The molecule has 0 aliphatic carbocycles. The summed E-state index contributed by atoms with van der Waals surface area (Å²) in [6.45, 7) is 4.83. The summed E-state index contributed by atoms with van der Waals surface area (Å²) < 4.78 is 6.37. The maximum absolute atomic E-state index is 13.3. The maximum Gasteiger partial charge on any atom is 0.259 e. The van der Waals surface area contributed by atoms with Crippen LogP contribution in [0, 0.1) is 0 Å². The van der Waals surface area contributed by atoms with Gasteiger partial charge in [-0.05, 0) is 67.8 Å². The van der Waals surface area contributed by atoms with Gasteiger partial charge in [0.25, 0.3) is 11.8 Å². The van der Waals surface area contributed by atoms with E-state index < -0.39 is 0 Å². The van der Waals surface area contributed by atoms with Crippen LogP contribution in [-0.4, -0.2) is 25.0 Å². The number of hydrogen-bond donors (Lipinski definition) is 1. The first kappa shape index (κ1) is 23.5. The van der Waals surface area contributed by atoms with Gasteiger partial charge in [0.1, 0.15) is 5.75 Å². The topological polar surface area (TPSA) is 58.6 Å². The lowest BCUT2D eigenvalue weighted by Crippen LogP contribution is -2.30. The molecule has 4 aromatic rings. The third kappa shape index (κ3) is 4.97. The van der Waals surface area contributed by atoms with Gasteiger partial charge in [0.2, 0.25) is 0 Å². The summed E-state index contributed by atoms with van der Waals surface area (Å²) in [4.78, 5) is 28.0. The van der Waals surface area contributed by atoms with Gasteiger partial charge in [0.05, 0.1) is 17.9 Å². The number of rotatable bonds is 7. The second-order valence-corrected chi connectivity index (χ2v) is 8.57. The SMILES string of the molecule is CCOc1ccc(Br)cc1C(=O)Nc1ccc(C(=O)N(CC)c2cccc3ccccc23)cc1. The molecule has 4 aromatic carbocycles. The number of anilines is 2. The minimum atomic E-state index is -0.283. The molecule has 0 fully saturated rings. The standard InChI is InChI=1S/C28H25BrN2O3/c1-3-31(25-11-7-9-19-8-5-6-10-23(19)25)28(33)20-12-15-22(16-13-20)30-27(32)24-18-21(29)14-17-26(24)34-4-2/h5-18H,3-4H2,1-2H3,(H,30,32). The molecule has 0 aliphatic rings. The van der Waals surface area contributed by atoms with E-state index in [0.717, 1.165) is 20.9 Å². The summed E-state index contributed by atoms with van der Waals surface area (Å²) in [5, 5.41) is 5.00. The molecule has 0 spiro atoms. The number of benzene rings is 4. The third-order valence-electron chi connectivity index (χ3n) is 5.49. The number of carbonyl (C=O) groups excluding carboxylic acids is 2. The predicted octanol–water partition coefficient (Wildman–Crippen LogP) is 6.92. The van der Waals surface area contributed by atoms with Crippen LogP contribution in [0.5, 0.6) is 5.75 Å². The third-order valence-corrected chi connectivity index (χ3v) is 5.99. The number of carbonyl (C=O) groups is 2. The van der Waals surface area contributed by atoms with Crippen molar-refractivity contribution in [3.63, 3.8) is 0 Å². The Morgan fingerprint density at radius 1 is 0.912 bits per heavy atom. The Bertz CT molecular complexity index is 1330. The molecule has 0 unspecified atom stereocenters. The van der Waals surface area contributed by atoms with Crippen molar-refractivity contribution in [2.75, 3.05) is 23.4 Å². The molecule has 5 nitrogen and oxygen atoms in total. The van der Waals surface area contributed by atoms with Crippen LogP contribution in [0.1, 0.15) is 34.6 Å². The van der Waals surface area contributed by atoms with E-state index in [4.69, 9.17) is 4.74 Å². The Morgan fingerprint density at radius 2 is 1.65 bits per heavy atom. The maximum atomic E-state index is 13.3. The Balaban J connectivity index is 1.55. The molecule has 0 radical (unpaired) electrons. The molecule has 0 saturated heterocycles. The van der Waals surface area contributed by atoms with E-state index in [1.165, 1.54) is 0 Å². The van der Waals surface area contributed by atoms with E-state index in [2.05, 4.69) is 21.2 Å². The van der Waals surface area contributed by atoms with Gasteiger partial charge >= 0.3 is 0 Å². The van der Waals surface area contributed by atoms with E-state index in [0.29, 0.717) is 35.7 Å². The van der Waals surface area contributed by atoms with Gasteiger partial charge < -0.3 is 15.0 Å². The summed E-state index contributed by atoms with van der Waals surface area (Å²) in [5.74, 6) is 0.140. The van der Waals surface area contributed by atoms with E-state index >= 15 is 0 Å². The van der Waals surface area contributed by atoms with Crippen LogP contribution < -0.4 is 15.0 Å². The van der Waals surface area contributed by atoms with Crippen LogP contribution in [0.4, 0.5) is 11.4 Å². The van der Waals surface area contributed by atoms with Gasteiger partial charge in [0.15, 0.2) is 0 Å². The monoisotopic (exact) mass is 516 g/mol. The lowest BCUT2D eigenvalue weighted by Gasteiger charge is -2.23. The summed E-state index contributed by atoms with van der Waals surface area (Å²) in [6.07, 6.45) is 0. The van der Waals surface area contributed by atoms with E-state index in [1.807, 2.05) is 62.4 Å². The quantitative estimate of drug-likeness (QED) is 0.290. The summed E-state index contributed by atoms with van der Waals surface area (Å²) in [5.41, 5.74) is 2.45. The number of nitrogens with one attached hydrogen (secondary N) is 1. The second-order valence-electron chi connectivity index (χ2n) is 7.65. The molecular formula is C28H25BrN2O3. The van der Waals surface area contributed by atoms with Crippen molar-refractivity contribution in [1.29, 1.82) is 0 Å². The van der Waals surface area contributed by atoms with E-state index in [9.17, 15) is 9.59 Å². The van der Waals surface area contributed by atoms with Crippen molar-refractivity contribution < 1.29 is 14.3 Å². The van der Waals surface area contributed by atoms with Crippen LogP contribution in [0.3, 0.4) is 0 Å². The fourth-order valence-corrected chi connectivity index (χ4v) is 4.24. The van der Waals surface area contributed by atoms with Gasteiger partial charge in [-0.2, -0.15) is 0 Å². The number of fused-ring (bicyclic) bond motifs is 1. The zero-order chi connectivity index (χ0) is 24.1. The number of nitrogens with zero attached hydrogens (tertiary/aromatic N) is 1. The largest absolute Gasteiger partial charge is 0.493 e. The van der Waals surface area contributed by atoms with Crippen LogP contribution in [0.25, 0.3) is 10.8 Å². The fourth-order valence-electron chi connectivity index (χ4n) is 3.88. The molecule has 172 valence electrons. The minimum Gasteiger partial charge on any atom is -0.493 e. The minimum absolute atomic E-state index is 0.0950. The molecule has 0 aromatic heterocycles. The van der Waals surface area contributed by atoms with E-state index in [1.54, 1.807) is 41.3 Å². The number of hydrogen-bond acceptors (Lipinski definition) is 3. The molecule has 34 heavy (non-hydrogen) atoms. The number of ether oxygens (including phenoxy) is 1. The molecule has 2 amide bonds. The summed E-state index contributed by atoms with van der Waals surface area (Å²) >= 11 is 3.40. The Kier molecular flexibility index (Phi) is 7.28. The summed E-state index contributed by atoms with van der Waals surface area (Å²) in [7, 11) is 0. The molecule has 0 bridgehead atoms. The number of halogens is 1. The van der Waals surface area contributed by atoms with Gasteiger partial charge in [-0.3, -0.25) is 9.59 Å². The van der Waals surface area contributed by atoms with Crippen LogP contribution in [0.2, 0.25) is 0 Å². The highest BCUT2D eigenvalue weighted by molar-refractivity contribution is 9.10. The smallest absolute Gasteiger partial charge is 0.259 e. The second kappa shape index (κ2) is 10.5. The number of amides is 2. The zero-order valence-electron chi connectivity index (χ0n) is 19.0. The molecule has 0 heterocycles. The van der Waals surface area contributed by atoms with Crippen molar-refractivity contribution in [2.45, 2.75) is 13.8 Å². The fraction of sp³-hybridized carbons (Fsp3) is 0.143. The molecule has 6 heteroatoms. The summed E-state index contributed by atoms with van der Waals surface area (Å²) in [6, 6.07) is 26.2. The molecule has 1 N–H and O–H groups in total. The first-order valence-electron chi connectivity index (χ1n) is 11.1. The molecule has 4 rings (SSSR count). The van der Waals surface area contributed by atoms with Crippen molar-refractivity contribution in [2.24, 2.45) is 0 Å². The average Bonchev–Trinajstić information content (AvgIpc) is 2.86. The Morgan fingerprint density at radius 3 is 2.38 bits per heavy atom. The Hall–Kier alpha value is -3.64. The first-order chi connectivity index (χ1) is 16.5. The normalized spacial score (nSPS) is 10.7. The lowest BCUT2D eigenvalue weighted by atomic mass is 10.1.